The lowest BCUT2D eigenvalue weighted by molar-refractivity contribution is -0.124. The third kappa shape index (κ3) is 4.22. The minimum absolute atomic E-state index is 0.0223. The largest absolute Gasteiger partial charge is 0.483 e. The standard InChI is InChI=1S/C13H19BrN2O2/c1-4-13(2,3)16-11(17)8-18-10-7-5-6-9(15)12(10)14/h5-7H,4,8,15H2,1-3H3,(H,16,17). The predicted octanol–water partition coefficient (Wildman–Crippen LogP) is 2.71. The Labute approximate surface area is 116 Å². The second kappa shape index (κ2) is 6.09. The van der Waals surface area contributed by atoms with E-state index in [0.29, 0.717) is 15.9 Å². The van der Waals surface area contributed by atoms with Gasteiger partial charge in [-0.3, -0.25) is 4.79 Å². The van der Waals surface area contributed by atoms with Gasteiger partial charge in [-0.1, -0.05) is 13.0 Å². The molecular weight excluding hydrogens is 296 g/mol. The Morgan fingerprint density at radius 3 is 2.78 bits per heavy atom. The number of carbonyl (C=O) groups is 1. The molecule has 0 aliphatic rings. The second-order valence-corrected chi connectivity index (χ2v) is 5.53. The van der Waals surface area contributed by atoms with E-state index in [2.05, 4.69) is 21.2 Å². The van der Waals surface area contributed by atoms with E-state index in [0.717, 1.165) is 6.42 Å². The summed E-state index contributed by atoms with van der Waals surface area (Å²) in [6.45, 7) is 5.95. The number of carbonyl (C=O) groups excluding carboxylic acids is 1. The van der Waals surface area contributed by atoms with Gasteiger partial charge < -0.3 is 15.8 Å². The summed E-state index contributed by atoms with van der Waals surface area (Å²) in [5, 5.41) is 2.90. The maximum Gasteiger partial charge on any atom is 0.258 e. The Hall–Kier alpha value is -1.23. The van der Waals surface area contributed by atoms with Crippen molar-refractivity contribution in [2.75, 3.05) is 12.3 Å². The van der Waals surface area contributed by atoms with Gasteiger partial charge in [0.1, 0.15) is 5.75 Å². The van der Waals surface area contributed by atoms with Crippen LogP contribution in [-0.2, 0) is 4.79 Å². The van der Waals surface area contributed by atoms with Crippen LogP contribution in [-0.4, -0.2) is 18.1 Å². The van der Waals surface area contributed by atoms with Gasteiger partial charge in [-0.2, -0.15) is 0 Å². The molecule has 1 amide bonds. The van der Waals surface area contributed by atoms with Crippen LogP contribution in [0.3, 0.4) is 0 Å². The minimum Gasteiger partial charge on any atom is -0.483 e. The number of anilines is 1. The number of hydrogen-bond acceptors (Lipinski definition) is 3. The zero-order valence-electron chi connectivity index (χ0n) is 10.9. The number of rotatable bonds is 5. The molecule has 0 aliphatic carbocycles. The summed E-state index contributed by atoms with van der Waals surface area (Å²) in [5.41, 5.74) is 6.09. The quantitative estimate of drug-likeness (QED) is 0.821. The number of nitrogens with two attached hydrogens (primary N) is 1. The first-order chi connectivity index (χ1) is 8.35. The zero-order valence-corrected chi connectivity index (χ0v) is 12.5. The van der Waals surface area contributed by atoms with Crippen molar-refractivity contribution in [1.29, 1.82) is 0 Å². The number of nitrogen functional groups attached to an aromatic ring is 1. The molecule has 0 radical (unpaired) electrons. The van der Waals surface area contributed by atoms with Gasteiger partial charge in [0.05, 0.1) is 4.47 Å². The lowest BCUT2D eigenvalue weighted by Crippen LogP contribution is -2.44. The van der Waals surface area contributed by atoms with Crippen LogP contribution in [0, 0.1) is 0 Å². The molecule has 0 aromatic heterocycles. The monoisotopic (exact) mass is 314 g/mol. The van der Waals surface area contributed by atoms with Gasteiger partial charge >= 0.3 is 0 Å². The molecule has 0 saturated heterocycles. The molecule has 1 aromatic rings. The third-order valence-corrected chi connectivity index (χ3v) is 3.56. The van der Waals surface area contributed by atoms with E-state index in [1.54, 1.807) is 18.2 Å². The van der Waals surface area contributed by atoms with Gasteiger partial charge in [0.2, 0.25) is 0 Å². The fourth-order valence-electron chi connectivity index (χ4n) is 1.28. The molecule has 0 bridgehead atoms. The highest BCUT2D eigenvalue weighted by atomic mass is 79.9. The highest BCUT2D eigenvalue weighted by Crippen LogP contribution is 2.30. The molecular formula is C13H19BrN2O2. The summed E-state index contributed by atoms with van der Waals surface area (Å²) in [6.07, 6.45) is 0.862. The summed E-state index contributed by atoms with van der Waals surface area (Å²) in [6, 6.07) is 5.30. The van der Waals surface area contributed by atoms with Crippen LogP contribution >= 0.6 is 15.9 Å². The van der Waals surface area contributed by atoms with Crippen molar-refractivity contribution < 1.29 is 9.53 Å². The first-order valence-corrected chi connectivity index (χ1v) is 6.63. The number of amides is 1. The molecule has 1 rings (SSSR count). The van der Waals surface area contributed by atoms with E-state index in [9.17, 15) is 4.79 Å². The van der Waals surface area contributed by atoms with E-state index in [4.69, 9.17) is 10.5 Å². The van der Waals surface area contributed by atoms with Crippen LogP contribution in [0.1, 0.15) is 27.2 Å². The van der Waals surface area contributed by atoms with Gasteiger partial charge in [-0.05, 0) is 48.3 Å². The SMILES string of the molecule is CCC(C)(C)NC(=O)COc1cccc(N)c1Br. The molecule has 0 aliphatic heterocycles. The van der Waals surface area contributed by atoms with Gasteiger partial charge in [-0.15, -0.1) is 0 Å². The molecule has 18 heavy (non-hydrogen) atoms. The first-order valence-electron chi connectivity index (χ1n) is 5.83. The molecule has 4 nitrogen and oxygen atoms in total. The second-order valence-electron chi connectivity index (χ2n) is 4.73. The molecule has 0 heterocycles. The van der Waals surface area contributed by atoms with Crippen molar-refractivity contribution in [1.82, 2.24) is 5.32 Å². The Balaban J connectivity index is 2.56. The third-order valence-electron chi connectivity index (χ3n) is 2.71. The van der Waals surface area contributed by atoms with Gasteiger partial charge in [-0.25, -0.2) is 0 Å². The fraction of sp³-hybridized carbons (Fsp3) is 0.462. The normalized spacial score (nSPS) is 11.1. The lowest BCUT2D eigenvalue weighted by atomic mass is 10.0. The van der Waals surface area contributed by atoms with Crippen LogP contribution in [0.25, 0.3) is 0 Å². The first kappa shape index (κ1) is 14.8. The van der Waals surface area contributed by atoms with E-state index >= 15 is 0 Å². The topological polar surface area (TPSA) is 64.3 Å². The number of hydrogen-bond donors (Lipinski definition) is 2. The molecule has 100 valence electrons. The summed E-state index contributed by atoms with van der Waals surface area (Å²) >= 11 is 3.32. The lowest BCUT2D eigenvalue weighted by Gasteiger charge is -2.24. The van der Waals surface area contributed by atoms with Crippen molar-refractivity contribution in [3.05, 3.63) is 22.7 Å². The summed E-state index contributed by atoms with van der Waals surface area (Å²) < 4.78 is 6.10. The smallest absolute Gasteiger partial charge is 0.258 e. The van der Waals surface area contributed by atoms with Crippen molar-refractivity contribution in [3.63, 3.8) is 0 Å². The predicted molar refractivity (Wildman–Crippen MR) is 76.6 cm³/mol. The zero-order chi connectivity index (χ0) is 13.8. The summed E-state index contributed by atoms with van der Waals surface area (Å²) in [5.74, 6) is 0.427. The van der Waals surface area contributed by atoms with Gasteiger partial charge in [0.25, 0.3) is 5.91 Å². The molecule has 1 aromatic carbocycles. The summed E-state index contributed by atoms with van der Waals surface area (Å²) in [7, 11) is 0. The van der Waals surface area contributed by atoms with Crippen molar-refractivity contribution in [2.45, 2.75) is 32.7 Å². The van der Waals surface area contributed by atoms with Crippen molar-refractivity contribution >= 4 is 27.5 Å². The molecule has 0 spiro atoms. The van der Waals surface area contributed by atoms with E-state index in [-0.39, 0.29) is 18.1 Å². The van der Waals surface area contributed by atoms with Crippen molar-refractivity contribution in [2.24, 2.45) is 0 Å². The van der Waals surface area contributed by atoms with Gasteiger partial charge in [0.15, 0.2) is 6.61 Å². The summed E-state index contributed by atoms with van der Waals surface area (Å²) in [4.78, 5) is 11.7. The van der Waals surface area contributed by atoms with Crippen molar-refractivity contribution in [3.8, 4) is 5.75 Å². The van der Waals surface area contributed by atoms with Crippen LogP contribution in [0.15, 0.2) is 22.7 Å². The molecule has 0 saturated carbocycles. The number of nitrogens with one attached hydrogen (secondary N) is 1. The molecule has 5 heteroatoms. The Morgan fingerprint density at radius 1 is 1.50 bits per heavy atom. The average Bonchev–Trinajstić information content (AvgIpc) is 2.30. The van der Waals surface area contributed by atoms with Crippen LogP contribution in [0.5, 0.6) is 5.75 Å². The minimum atomic E-state index is -0.215. The fourth-order valence-corrected chi connectivity index (χ4v) is 1.66. The molecule has 0 fully saturated rings. The average molecular weight is 315 g/mol. The Morgan fingerprint density at radius 2 is 2.17 bits per heavy atom. The molecule has 3 N–H and O–H groups in total. The van der Waals surface area contributed by atoms with E-state index < -0.39 is 0 Å². The number of halogens is 1. The Bertz CT molecular complexity index is 433. The Kier molecular flexibility index (Phi) is 5.02. The number of ether oxygens (including phenoxy) is 1. The van der Waals surface area contributed by atoms with Gasteiger partial charge in [0, 0.05) is 11.2 Å². The molecule has 0 unspecified atom stereocenters. The highest BCUT2D eigenvalue weighted by molar-refractivity contribution is 9.10. The number of benzene rings is 1. The van der Waals surface area contributed by atoms with Crippen LogP contribution < -0.4 is 15.8 Å². The molecule has 0 atom stereocenters. The van der Waals surface area contributed by atoms with Crippen LogP contribution in [0.4, 0.5) is 5.69 Å². The van der Waals surface area contributed by atoms with E-state index in [1.807, 2.05) is 20.8 Å². The maximum absolute atomic E-state index is 11.7. The van der Waals surface area contributed by atoms with Crippen LogP contribution in [0.2, 0.25) is 0 Å². The maximum atomic E-state index is 11.7. The highest BCUT2D eigenvalue weighted by Gasteiger charge is 2.18. The van der Waals surface area contributed by atoms with E-state index in [1.165, 1.54) is 0 Å².